The highest BCUT2D eigenvalue weighted by atomic mass is 32.1. The Morgan fingerprint density at radius 2 is 2.12 bits per heavy atom. The minimum absolute atomic E-state index is 0.583. The van der Waals surface area contributed by atoms with Crippen LogP contribution in [0.3, 0.4) is 0 Å². The molecule has 0 amide bonds. The number of nitrogens with zero attached hydrogens (tertiary/aromatic N) is 1. The van der Waals surface area contributed by atoms with Gasteiger partial charge in [-0.3, -0.25) is 0 Å². The number of ether oxygens (including phenoxy) is 1. The molecule has 0 saturated carbocycles. The van der Waals surface area contributed by atoms with Crippen LogP contribution in [0.4, 0.5) is 5.13 Å². The lowest BCUT2D eigenvalue weighted by Gasteiger charge is -2.02. The molecular formula is C12H12N2OS. The fourth-order valence-corrected chi connectivity index (χ4v) is 1.89. The molecule has 0 aliphatic carbocycles. The SMILES string of the molecule is COc1ccccc1C=Cc1csc(N)n1. The van der Waals surface area contributed by atoms with E-state index in [9.17, 15) is 0 Å². The summed E-state index contributed by atoms with van der Waals surface area (Å²) in [5.41, 5.74) is 7.45. The van der Waals surface area contributed by atoms with Crippen molar-refractivity contribution < 1.29 is 4.74 Å². The second-order valence-corrected chi connectivity index (χ2v) is 4.08. The number of para-hydroxylation sites is 1. The number of rotatable bonds is 3. The topological polar surface area (TPSA) is 48.1 Å². The quantitative estimate of drug-likeness (QED) is 0.885. The molecule has 0 unspecified atom stereocenters. The molecule has 4 heteroatoms. The Morgan fingerprint density at radius 3 is 2.81 bits per heavy atom. The molecule has 0 bridgehead atoms. The lowest BCUT2D eigenvalue weighted by atomic mass is 10.2. The molecule has 0 fully saturated rings. The van der Waals surface area contributed by atoms with Gasteiger partial charge in [-0.2, -0.15) is 0 Å². The zero-order chi connectivity index (χ0) is 11.4. The number of aromatic nitrogens is 1. The van der Waals surface area contributed by atoms with Gasteiger partial charge in [-0.1, -0.05) is 18.2 Å². The van der Waals surface area contributed by atoms with E-state index in [2.05, 4.69) is 4.98 Å². The van der Waals surface area contributed by atoms with E-state index in [1.807, 2.05) is 41.8 Å². The number of nitrogens with two attached hydrogens (primary N) is 1. The maximum absolute atomic E-state index is 5.55. The molecule has 0 aliphatic heterocycles. The molecule has 0 aliphatic rings. The summed E-state index contributed by atoms with van der Waals surface area (Å²) in [5.74, 6) is 0.849. The average molecular weight is 232 g/mol. The van der Waals surface area contributed by atoms with Crippen molar-refractivity contribution >= 4 is 28.6 Å². The van der Waals surface area contributed by atoms with E-state index < -0.39 is 0 Å². The predicted octanol–water partition coefficient (Wildman–Crippen LogP) is 2.90. The number of nitrogen functional groups attached to an aromatic ring is 1. The van der Waals surface area contributed by atoms with E-state index in [-0.39, 0.29) is 0 Å². The Bertz CT molecular complexity index is 505. The van der Waals surface area contributed by atoms with E-state index in [1.54, 1.807) is 7.11 Å². The minimum Gasteiger partial charge on any atom is -0.496 e. The number of methoxy groups -OCH3 is 1. The number of thiazole rings is 1. The molecule has 3 nitrogen and oxygen atoms in total. The van der Waals surface area contributed by atoms with Gasteiger partial charge in [-0.05, 0) is 18.2 Å². The molecule has 2 rings (SSSR count). The number of hydrogen-bond donors (Lipinski definition) is 1. The first-order valence-electron chi connectivity index (χ1n) is 4.81. The summed E-state index contributed by atoms with van der Waals surface area (Å²) in [6, 6.07) is 7.83. The van der Waals surface area contributed by atoms with Crippen molar-refractivity contribution in [3.05, 3.63) is 40.9 Å². The minimum atomic E-state index is 0.583. The Hall–Kier alpha value is -1.81. The molecule has 82 valence electrons. The van der Waals surface area contributed by atoms with Gasteiger partial charge in [0.2, 0.25) is 0 Å². The molecular weight excluding hydrogens is 220 g/mol. The standard InChI is InChI=1S/C12H12N2OS/c1-15-11-5-3-2-4-9(11)6-7-10-8-16-12(13)14-10/h2-8H,1H3,(H2,13,14). The molecule has 0 radical (unpaired) electrons. The van der Waals surface area contributed by atoms with Gasteiger partial charge in [-0.15, -0.1) is 11.3 Å². The average Bonchev–Trinajstić information content (AvgIpc) is 2.73. The van der Waals surface area contributed by atoms with E-state index in [4.69, 9.17) is 10.5 Å². The summed E-state index contributed by atoms with van der Waals surface area (Å²) in [4.78, 5) is 4.15. The first kappa shape index (κ1) is 10.7. The molecule has 1 aromatic heterocycles. The van der Waals surface area contributed by atoms with Gasteiger partial charge >= 0.3 is 0 Å². The van der Waals surface area contributed by atoms with Crippen LogP contribution in [0, 0.1) is 0 Å². The zero-order valence-corrected chi connectivity index (χ0v) is 9.70. The van der Waals surface area contributed by atoms with Crippen molar-refractivity contribution in [2.75, 3.05) is 12.8 Å². The second kappa shape index (κ2) is 4.81. The third-order valence-electron chi connectivity index (χ3n) is 2.11. The number of benzene rings is 1. The molecule has 2 N–H and O–H groups in total. The summed E-state index contributed by atoms with van der Waals surface area (Å²) in [7, 11) is 1.66. The highest BCUT2D eigenvalue weighted by Gasteiger charge is 1.98. The van der Waals surface area contributed by atoms with Crippen LogP contribution in [0.25, 0.3) is 12.2 Å². The summed E-state index contributed by atoms with van der Waals surface area (Å²) in [6.07, 6.45) is 3.89. The van der Waals surface area contributed by atoms with Crippen LogP contribution in [0.1, 0.15) is 11.3 Å². The lowest BCUT2D eigenvalue weighted by Crippen LogP contribution is -1.85. The Labute approximate surface area is 98.2 Å². The third-order valence-corrected chi connectivity index (χ3v) is 2.80. The third kappa shape index (κ3) is 2.41. The first-order valence-corrected chi connectivity index (χ1v) is 5.69. The summed E-state index contributed by atoms with van der Waals surface area (Å²) in [5, 5.41) is 2.50. The maximum atomic E-state index is 5.55. The van der Waals surface area contributed by atoms with Crippen LogP contribution in [0.2, 0.25) is 0 Å². The van der Waals surface area contributed by atoms with Gasteiger partial charge in [0.25, 0.3) is 0 Å². The van der Waals surface area contributed by atoms with E-state index in [0.29, 0.717) is 5.13 Å². The zero-order valence-electron chi connectivity index (χ0n) is 8.88. The second-order valence-electron chi connectivity index (χ2n) is 3.19. The molecule has 1 aromatic carbocycles. The van der Waals surface area contributed by atoms with Crippen LogP contribution in [-0.4, -0.2) is 12.1 Å². The van der Waals surface area contributed by atoms with Crippen LogP contribution >= 0.6 is 11.3 Å². The van der Waals surface area contributed by atoms with Crippen molar-refractivity contribution in [1.82, 2.24) is 4.98 Å². The molecule has 0 saturated heterocycles. The van der Waals surface area contributed by atoms with Crippen LogP contribution in [-0.2, 0) is 0 Å². The summed E-state index contributed by atoms with van der Waals surface area (Å²) < 4.78 is 5.25. The fraction of sp³-hybridized carbons (Fsp3) is 0.0833. The van der Waals surface area contributed by atoms with Crippen molar-refractivity contribution in [3.8, 4) is 5.75 Å². The first-order chi connectivity index (χ1) is 7.79. The Kier molecular flexibility index (Phi) is 3.22. The summed E-state index contributed by atoms with van der Waals surface area (Å²) in [6.45, 7) is 0. The van der Waals surface area contributed by atoms with Crippen molar-refractivity contribution in [2.45, 2.75) is 0 Å². The Balaban J connectivity index is 2.23. The predicted molar refractivity (Wildman–Crippen MR) is 68.4 cm³/mol. The van der Waals surface area contributed by atoms with Crippen molar-refractivity contribution in [3.63, 3.8) is 0 Å². The highest BCUT2D eigenvalue weighted by Crippen LogP contribution is 2.20. The molecule has 0 atom stereocenters. The molecule has 1 heterocycles. The van der Waals surface area contributed by atoms with Crippen LogP contribution in [0.5, 0.6) is 5.75 Å². The normalized spacial score (nSPS) is 10.8. The van der Waals surface area contributed by atoms with E-state index in [1.165, 1.54) is 11.3 Å². The highest BCUT2D eigenvalue weighted by molar-refractivity contribution is 7.13. The number of anilines is 1. The van der Waals surface area contributed by atoms with E-state index >= 15 is 0 Å². The van der Waals surface area contributed by atoms with Crippen LogP contribution < -0.4 is 10.5 Å². The van der Waals surface area contributed by atoms with Crippen molar-refractivity contribution in [2.24, 2.45) is 0 Å². The largest absolute Gasteiger partial charge is 0.496 e. The molecule has 2 aromatic rings. The maximum Gasteiger partial charge on any atom is 0.180 e. The summed E-state index contributed by atoms with van der Waals surface area (Å²) >= 11 is 1.43. The van der Waals surface area contributed by atoms with Crippen molar-refractivity contribution in [1.29, 1.82) is 0 Å². The van der Waals surface area contributed by atoms with Gasteiger partial charge in [0.1, 0.15) is 5.75 Å². The smallest absolute Gasteiger partial charge is 0.180 e. The van der Waals surface area contributed by atoms with Crippen LogP contribution in [0.15, 0.2) is 29.6 Å². The van der Waals surface area contributed by atoms with Gasteiger partial charge in [0, 0.05) is 10.9 Å². The van der Waals surface area contributed by atoms with Gasteiger partial charge in [-0.25, -0.2) is 4.98 Å². The molecule has 0 spiro atoms. The molecule has 16 heavy (non-hydrogen) atoms. The number of hydrogen-bond acceptors (Lipinski definition) is 4. The van der Waals surface area contributed by atoms with E-state index in [0.717, 1.165) is 17.0 Å². The Morgan fingerprint density at radius 1 is 1.31 bits per heavy atom. The van der Waals surface area contributed by atoms with Gasteiger partial charge < -0.3 is 10.5 Å². The van der Waals surface area contributed by atoms with Gasteiger partial charge in [0.05, 0.1) is 12.8 Å². The lowest BCUT2D eigenvalue weighted by molar-refractivity contribution is 0.414. The van der Waals surface area contributed by atoms with Gasteiger partial charge in [0.15, 0.2) is 5.13 Å². The monoisotopic (exact) mass is 232 g/mol. The fourth-order valence-electron chi connectivity index (χ4n) is 1.36.